The van der Waals surface area contributed by atoms with Crippen LogP contribution < -0.4 is 0 Å². The van der Waals surface area contributed by atoms with Crippen molar-refractivity contribution in [2.45, 2.75) is 52.4 Å². The highest BCUT2D eigenvalue weighted by Gasteiger charge is 2.15. The summed E-state index contributed by atoms with van der Waals surface area (Å²) in [5.74, 6) is 2.14. The first-order chi connectivity index (χ1) is 9.61. The Morgan fingerprint density at radius 2 is 1.80 bits per heavy atom. The highest BCUT2D eigenvalue weighted by atomic mass is 33.1. The summed E-state index contributed by atoms with van der Waals surface area (Å²) in [6.45, 7) is 4.36. The Kier molecular flexibility index (Phi) is 13.3. The molecule has 0 rings (SSSR count). The maximum absolute atomic E-state index is 12.0. The predicted molar refractivity (Wildman–Crippen MR) is 85.4 cm³/mol. The predicted octanol–water partition coefficient (Wildman–Crippen LogP) is 4.14. The molecule has 0 aromatic rings. The zero-order valence-corrected chi connectivity index (χ0v) is 14.0. The van der Waals surface area contributed by atoms with E-state index in [0.717, 1.165) is 37.9 Å². The molecule has 20 heavy (non-hydrogen) atoms. The summed E-state index contributed by atoms with van der Waals surface area (Å²) in [5, 5.41) is 9.14. The maximum atomic E-state index is 12.0. The summed E-state index contributed by atoms with van der Waals surface area (Å²) in [6.07, 6.45) is 5.69. The van der Waals surface area contributed by atoms with Crippen molar-refractivity contribution in [2.24, 2.45) is 5.92 Å². The summed E-state index contributed by atoms with van der Waals surface area (Å²) in [6, 6.07) is 0. The summed E-state index contributed by atoms with van der Waals surface area (Å²) >= 11 is 0. The Morgan fingerprint density at radius 3 is 2.35 bits per heavy atom. The van der Waals surface area contributed by atoms with Gasteiger partial charge in [-0.1, -0.05) is 48.3 Å². The highest BCUT2D eigenvalue weighted by Crippen LogP contribution is 2.23. The van der Waals surface area contributed by atoms with Gasteiger partial charge in [-0.2, -0.15) is 0 Å². The molecule has 0 unspecified atom stereocenters. The van der Waals surface area contributed by atoms with Crippen molar-refractivity contribution in [2.75, 3.05) is 18.1 Å². The molecule has 0 amide bonds. The average molecular weight is 323 g/mol. The molecule has 7 heteroatoms. The monoisotopic (exact) mass is 323 g/mol. The minimum Gasteiger partial charge on any atom is -0.313 e. The number of carbonyl (C=O) groups excluding carboxylic acids is 1. The van der Waals surface area contributed by atoms with Crippen LogP contribution in [0.25, 0.3) is 0 Å². The third-order valence-electron chi connectivity index (χ3n) is 2.83. The van der Waals surface area contributed by atoms with Crippen LogP contribution >= 0.6 is 21.6 Å². The number of hydrogen-bond acceptors (Lipinski definition) is 6. The van der Waals surface area contributed by atoms with E-state index in [-0.39, 0.29) is 12.5 Å². The molecule has 0 heterocycles. The molecule has 0 N–H and O–H groups in total. The summed E-state index contributed by atoms with van der Waals surface area (Å²) in [4.78, 5) is 26.1. The lowest BCUT2D eigenvalue weighted by Gasteiger charge is -2.13. The quantitative estimate of drug-likeness (QED) is 0.207. The maximum Gasteiger partial charge on any atom is 0.294 e. The zero-order chi connectivity index (χ0) is 15.2. The van der Waals surface area contributed by atoms with Crippen molar-refractivity contribution in [3.63, 3.8) is 0 Å². The molecule has 0 atom stereocenters. The molecule has 0 spiro atoms. The van der Waals surface area contributed by atoms with Crippen LogP contribution in [0.5, 0.6) is 0 Å². The second-order valence-corrected chi connectivity index (χ2v) is 7.25. The van der Waals surface area contributed by atoms with Crippen molar-refractivity contribution < 1.29 is 14.7 Å². The van der Waals surface area contributed by atoms with Crippen LogP contribution in [0.2, 0.25) is 0 Å². The largest absolute Gasteiger partial charge is 0.313 e. The van der Waals surface area contributed by atoms with Crippen LogP contribution in [0, 0.1) is 16.0 Å². The lowest BCUT2D eigenvalue weighted by atomic mass is 9.91. The topological polar surface area (TPSA) is 69.4 Å². The van der Waals surface area contributed by atoms with E-state index < -0.39 is 5.09 Å². The first kappa shape index (κ1) is 19.6. The van der Waals surface area contributed by atoms with E-state index in [1.165, 1.54) is 0 Å². The fourth-order valence-corrected chi connectivity index (χ4v) is 3.84. The lowest BCUT2D eigenvalue weighted by Crippen LogP contribution is -2.14. The number of Topliss-reactive ketones (excluding diaryl/α,β-unsaturated/α-hetero) is 1. The molecule has 0 aliphatic rings. The van der Waals surface area contributed by atoms with E-state index in [1.807, 2.05) is 0 Å². The molecule has 0 radical (unpaired) electrons. The SMILES string of the molecule is CCCC(CCC)C(=O)CCCSSCCO[N+](=O)[O-]. The number of hydrogen-bond donors (Lipinski definition) is 0. The molecule has 118 valence electrons. The summed E-state index contributed by atoms with van der Waals surface area (Å²) < 4.78 is 0. The number of ketones is 1. The van der Waals surface area contributed by atoms with E-state index in [1.54, 1.807) is 21.6 Å². The van der Waals surface area contributed by atoms with E-state index >= 15 is 0 Å². The molecule has 0 fully saturated rings. The molecular formula is C13H25NO4S2. The van der Waals surface area contributed by atoms with E-state index in [0.29, 0.717) is 18.0 Å². The zero-order valence-electron chi connectivity index (χ0n) is 12.3. The molecule has 0 bridgehead atoms. The Hall–Kier alpha value is -0.430. The van der Waals surface area contributed by atoms with E-state index in [2.05, 4.69) is 18.7 Å². The van der Waals surface area contributed by atoms with Gasteiger partial charge in [0.1, 0.15) is 12.4 Å². The van der Waals surface area contributed by atoms with Gasteiger partial charge in [0.2, 0.25) is 0 Å². The van der Waals surface area contributed by atoms with Crippen LogP contribution in [0.4, 0.5) is 0 Å². The normalized spacial score (nSPS) is 10.8. The second kappa shape index (κ2) is 13.5. The molecule has 5 nitrogen and oxygen atoms in total. The Bertz CT molecular complexity index is 271. The number of nitrogens with zero attached hydrogens (tertiary/aromatic N) is 1. The van der Waals surface area contributed by atoms with Gasteiger partial charge in [-0.05, 0) is 19.3 Å². The molecule has 0 saturated heterocycles. The second-order valence-electron chi connectivity index (χ2n) is 4.54. The van der Waals surface area contributed by atoms with Crippen molar-refractivity contribution >= 4 is 27.4 Å². The van der Waals surface area contributed by atoms with Crippen LogP contribution in [0.3, 0.4) is 0 Å². The van der Waals surface area contributed by atoms with Crippen LogP contribution in [-0.4, -0.2) is 29.0 Å². The van der Waals surface area contributed by atoms with Crippen LogP contribution in [-0.2, 0) is 9.63 Å². The smallest absolute Gasteiger partial charge is 0.294 e. The van der Waals surface area contributed by atoms with Gasteiger partial charge in [0, 0.05) is 23.8 Å². The molecule has 0 aromatic heterocycles. The van der Waals surface area contributed by atoms with Crippen molar-refractivity contribution in [3.8, 4) is 0 Å². The Morgan fingerprint density at radius 1 is 1.20 bits per heavy atom. The van der Waals surface area contributed by atoms with Gasteiger partial charge in [-0.3, -0.25) is 4.79 Å². The minimum atomic E-state index is -0.772. The van der Waals surface area contributed by atoms with Gasteiger partial charge in [-0.15, -0.1) is 10.1 Å². The fourth-order valence-electron chi connectivity index (χ4n) is 1.94. The van der Waals surface area contributed by atoms with Crippen molar-refractivity contribution in [3.05, 3.63) is 10.1 Å². The minimum absolute atomic E-state index is 0.124. The van der Waals surface area contributed by atoms with E-state index in [9.17, 15) is 14.9 Å². The number of carbonyl (C=O) groups is 1. The van der Waals surface area contributed by atoms with Crippen molar-refractivity contribution in [1.82, 2.24) is 0 Å². The number of rotatable bonds is 14. The third-order valence-corrected chi connectivity index (χ3v) is 5.28. The van der Waals surface area contributed by atoms with Gasteiger partial charge in [0.05, 0.1) is 0 Å². The van der Waals surface area contributed by atoms with Gasteiger partial charge in [-0.25, -0.2) is 0 Å². The third kappa shape index (κ3) is 11.4. The highest BCUT2D eigenvalue weighted by molar-refractivity contribution is 8.76. The van der Waals surface area contributed by atoms with Crippen LogP contribution in [0.1, 0.15) is 52.4 Å². The first-order valence-electron chi connectivity index (χ1n) is 7.16. The Labute approximate surface area is 129 Å². The lowest BCUT2D eigenvalue weighted by molar-refractivity contribution is -0.756. The average Bonchev–Trinajstić information content (AvgIpc) is 2.41. The summed E-state index contributed by atoms with van der Waals surface area (Å²) in [7, 11) is 3.20. The molecule has 0 aliphatic carbocycles. The summed E-state index contributed by atoms with van der Waals surface area (Å²) in [5.41, 5.74) is 0. The standard InChI is InChI=1S/C13H25NO4S2/c1-3-6-12(7-4-2)13(15)8-5-10-19-20-11-9-18-14(16)17/h12H,3-11H2,1-2H3. The van der Waals surface area contributed by atoms with Gasteiger partial charge >= 0.3 is 0 Å². The molecular weight excluding hydrogens is 298 g/mol. The molecule has 0 saturated carbocycles. The van der Waals surface area contributed by atoms with Gasteiger partial charge in [0.15, 0.2) is 0 Å². The van der Waals surface area contributed by atoms with E-state index in [4.69, 9.17) is 0 Å². The fraction of sp³-hybridized carbons (Fsp3) is 0.923. The van der Waals surface area contributed by atoms with Crippen molar-refractivity contribution in [1.29, 1.82) is 0 Å². The Balaban J connectivity index is 3.52. The van der Waals surface area contributed by atoms with Gasteiger partial charge < -0.3 is 4.84 Å². The molecule has 0 aromatic carbocycles. The molecule has 0 aliphatic heterocycles. The van der Waals surface area contributed by atoms with Crippen LogP contribution in [0.15, 0.2) is 0 Å². The first-order valence-corrected chi connectivity index (χ1v) is 9.65. The van der Waals surface area contributed by atoms with Gasteiger partial charge in [0.25, 0.3) is 5.09 Å².